The Morgan fingerprint density at radius 3 is 2.63 bits per heavy atom. The van der Waals surface area contributed by atoms with Gasteiger partial charge in [-0.2, -0.15) is 28.4 Å². The number of aromatic nitrogens is 2. The second-order valence-electron chi connectivity index (χ2n) is 14.6. The number of anilines is 2. The van der Waals surface area contributed by atoms with Crippen LogP contribution in [0.2, 0.25) is 0 Å². The van der Waals surface area contributed by atoms with Crippen molar-refractivity contribution in [1.29, 1.82) is 5.26 Å². The zero-order valence-electron chi connectivity index (χ0n) is 30.2. The lowest BCUT2D eigenvalue weighted by Crippen LogP contribution is -2.43. The predicted molar refractivity (Wildman–Crippen MR) is 195 cm³/mol. The maximum absolute atomic E-state index is 17.3. The topological polar surface area (TPSA) is 112 Å². The number of hydrogen-bond acceptors (Lipinski definition) is 9. The van der Waals surface area contributed by atoms with Crippen molar-refractivity contribution in [3.8, 4) is 23.2 Å². The molecular formula is C38H39F6N7O2S. The Hall–Kier alpha value is -4.62. The maximum Gasteiger partial charge on any atom is 0.417 e. The van der Waals surface area contributed by atoms with Crippen LogP contribution < -0.4 is 15.4 Å². The molecule has 7 rings (SSSR count). The van der Waals surface area contributed by atoms with Gasteiger partial charge in [-0.25, -0.2) is 13.2 Å². The van der Waals surface area contributed by atoms with E-state index in [2.05, 4.69) is 9.97 Å². The number of alkyl halides is 4. The van der Waals surface area contributed by atoms with Gasteiger partial charge in [0.2, 0.25) is 5.91 Å². The van der Waals surface area contributed by atoms with E-state index in [4.69, 9.17) is 10.5 Å². The molecule has 5 heterocycles. The molecule has 0 radical (unpaired) electrons. The lowest BCUT2D eigenvalue weighted by atomic mass is 9.92. The molecule has 0 aliphatic carbocycles. The summed E-state index contributed by atoms with van der Waals surface area (Å²) in [5, 5.41) is 9.26. The molecule has 16 heteroatoms. The quantitative estimate of drug-likeness (QED) is 0.142. The largest absolute Gasteiger partial charge is 0.461 e. The van der Waals surface area contributed by atoms with Gasteiger partial charge in [-0.3, -0.25) is 9.69 Å². The number of nitrogen functional groups attached to an aromatic ring is 1. The lowest BCUT2D eigenvalue weighted by molar-refractivity contribution is -0.137. The van der Waals surface area contributed by atoms with Crippen molar-refractivity contribution in [3.63, 3.8) is 0 Å². The van der Waals surface area contributed by atoms with Crippen LogP contribution in [-0.2, 0) is 11.0 Å². The van der Waals surface area contributed by atoms with Crippen LogP contribution in [0.5, 0.6) is 6.01 Å². The molecular weight excluding hydrogens is 733 g/mol. The number of nitriles is 1. The van der Waals surface area contributed by atoms with E-state index >= 15 is 22.0 Å². The van der Waals surface area contributed by atoms with Crippen molar-refractivity contribution >= 4 is 49.1 Å². The summed E-state index contributed by atoms with van der Waals surface area (Å²) in [7, 11) is 0. The minimum Gasteiger partial charge on any atom is -0.461 e. The van der Waals surface area contributed by atoms with E-state index in [1.807, 2.05) is 24.8 Å². The van der Waals surface area contributed by atoms with Gasteiger partial charge < -0.3 is 20.3 Å². The zero-order chi connectivity index (χ0) is 38.9. The number of fused-ring (bicyclic) bond motifs is 3. The summed E-state index contributed by atoms with van der Waals surface area (Å²) in [6, 6.07) is 3.81. The van der Waals surface area contributed by atoms with Crippen LogP contribution in [0.1, 0.15) is 64.5 Å². The maximum atomic E-state index is 17.3. The number of allylic oxidation sites excluding steroid dienone is 1. The van der Waals surface area contributed by atoms with Crippen molar-refractivity contribution in [2.24, 2.45) is 0 Å². The van der Waals surface area contributed by atoms with Gasteiger partial charge in [-0.05, 0) is 71.2 Å². The lowest BCUT2D eigenvalue weighted by Gasteiger charge is -2.32. The minimum absolute atomic E-state index is 0.0222. The fraction of sp³-hybridized carbons (Fsp3) is 0.474. The fourth-order valence-electron chi connectivity index (χ4n) is 8.33. The number of carbonyl (C=O) groups is 1. The van der Waals surface area contributed by atoms with Crippen LogP contribution >= 0.6 is 11.3 Å². The second kappa shape index (κ2) is 13.9. The van der Waals surface area contributed by atoms with E-state index < -0.39 is 52.2 Å². The number of nitrogens with two attached hydrogens (primary N) is 1. The Morgan fingerprint density at radius 1 is 1.19 bits per heavy atom. The molecule has 3 aliphatic rings. The summed E-state index contributed by atoms with van der Waals surface area (Å²) in [5.74, 6) is -2.38. The molecule has 54 heavy (non-hydrogen) atoms. The van der Waals surface area contributed by atoms with Gasteiger partial charge >= 0.3 is 12.2 Å². The highest BCUT2D eigenvalue weighted by atomic mass is 32.1. The van der Waals surface area contributed by atoms with E-state index in [9.17, 15) is 14.4 Å². The predicted octanol–water partition coefficient (Wildman–Crippen LogP) is 8.00. The van der Waals surface area contributed by atoms with Crippen LogP contribution in [0.15, 0.2) is 29.3 Å². The van der Waals surface area contributed by atoms with Crippen molar-refractivity contribution < 1.29 is 35.9 Å². The van der Waals surface area contributed by atoms with E-state index in [0.29, 0.717) is 42.8 Å². The van der Waals surface area contributed by atoms with Crippen molar-refractivity contribution in [1.82, 2.24) is 19.8 Å². The molecule has 0 spiro atoms. The Bertz CT molecular complexity index is 2250. The van der Waals surface area contributed by atoms with Gasteiger partial charge in [0.15, 0.2) is 5.82 Å². The summed E-state index contributed by atoms with van der Waals surface area (Å²) < 4.78 is 98.3. The standard InChI is InChI=1S/C38H39F6N7O2S/c1-5-51(22-9-12-49(17-22)35(52)20(4)19(2)3)34-24-13-26(38(42,43)44)29(23-7-8-27(40)32-28(23)25(15-45)33(46)54-32)30(41)31(24)47-36(48-34)53-18-37-10-6-11-50(37)16-21(39)14-37/h7-8,13,21-22H,5-6,9-12,14,16-18,46H2,1-4H3. The number of ether oxygens (including phenoxy) is 1. The summed E-state index contributed by atoms with van der Waals surface area (Å²) in [5.41, 5.74) is 3.36. The van der Waals surface area contributed by atoms with Crippen molar-refractivity contribution in [2.45, 2.75) is 77.3 Å². The number of thiophene rings is 1. The number of hydrogen-bond donors (Lipinski definition) is 1. The first-order valence-corrected chi connectivity index (χ1v) is 18.6. The number of amides is 1. The van der Waals surface area contributed by atoms with Crippen molar-refractivity contribution in [2.75, 3.05) is 50.0 Å². The highest BCUT2D eigenvalue weighted by molar-refractivity contribution is 7.23. The molecule has 3 saturated heterocycles. The minimum atomic E-state index is -5.13. The normalized spacial score (nSPS) is 21.5. The molecule has 2 N–H and O–H groups in total. The molecule has 1 amide bonds. The third kappa shape index (κ3) is 6.28. The Labute approximate surface area is 312 Å². The molecule has 3 unspecified atom stereocenters. The van der Waals surface area contributed by atoms with E-state index in [1.165, 1.54) is 0 Å². The fourth-order valence-corrected chi connectivity index (χ4v) is 9.28. The summed E-state index contributed by atoms with van der Waals surface area (Å²) in [6.07, 6.45) is -4.01. The third-order valence-corrected chi connectivity index (χ3v) is 12.2. The summed E-state index contributed by atoms with van der Waals surface area (Å²) >= 11 is 0.681. The van der Waals surface area contributed by atoms with Crippen LogP contribution in [-0.4, -0.2) is 82.8 Å². The third-order valence-electron chi connectivity index (χ3n) is 11.2. The molecule has 2 aromatic carbocycles. The first-order chi connectivity index (χ1) is 25.6. The smallest absolute Gasteiger partial charge is 0.417 e. The van der Waals surface area contributed by atoms with Crippen LogP contribution in [0, 0.1) is 23.0 Å². The monoisotopic (exact) mass is 771 g/mol. The van der Waals surface area contributed by atoms with Crippen LogP contribution in [0.4, 0.5) is 37.2 Å². The highest BCUT2D eigenvalue weighted by Crippen LogP contribution is 2.48. The number of carbonyl (C=O) groups excluding carboxylic acids is 1. The second-order valence-corrected chi connectivity index (χ2v) is 15.6. The molecule has 286 valence electrons. The number of rotatable bonds is 8. The Balaban J connectivity index is 1.43. The number of likely N-dealkylation sites (tertiary alicyclic amines) is 1. The average molecular weight is 772 g/mol. The van der Waals surface area contributed by atoms with E-state index in [-0.39, 0.29) is 82.0 Å². The summed E-state index contributed by atoms with van der Waals surface area (Å²) in [6.45, 7) is 8.96. The molecule has 9 nitrogen and oxygen atoms in total. The number of likely N-dealkylation sites (N-methyl/N-ethyl adjacent to an activating group) is 1. The van der Waals surface area contributed by atoms with Gasteiger partial charge in [0.05, 0.1) is 21.4 Å². The van der Waals surface area contributed by atoms with Gasteiger partial charge in [0.25, 0.3) is 0 Å². The van der Waals surface area contributed by atoms with E-state index in [0.717, 1.165) is 30.2 Å². The Morgan fingerprint density at radius 2 is 1.94 bits per heavy atom. The number of halogens is 6. The molecule has 4 aromatic rings. The van der Waals surface area contributed by atoms with Gasteiger partial charge in [0, 0.05) is 60.6 Å². The Kier molecular flexibility index (Phi) is 9.70. The summed E-state index contributed by atoms with van der Waals surface area (Å²) in [4.78, 5) is 27.7. The number of benzene rings is 2. The molecule has 2 aromatic heterocycles. The molecule has 0 saturated carbocycles. The van der Waals surface area contributed by atoms with Crippen LogP contribution in [0.25, 0.3) is 32.1 Å². The SMILES string of the molecule is CCN(c1nc(OCC23CCCN2CC(F)C3)nc2c(F)c(-c3ccc(F)c4sc(N)c(C#N)c34)c(C(F)(F)F)cc12)C1CCN(C(=O)C(C)=C(C)C)C1. The number of nitrogens with zero attached hydrogens (tertiary/aromatic N) is 6. The van der Waals surface area contributed by atoms with E-state index in [1.54, 1.807) is 23.6 Å². The highest BCUT2D eigenvalue weighted by Gasteiger charge is 2.49. The average Bonchev–Trinajstić information content (AvgIpc) is 3.90. The molecule has 3 fully saturated rings. The first kappa shape index (κ1) is 37.7. The zero-order valence-corrected chi connectivity index (χ0v) is 31.0. The molecule has 3 atom stereocenters. The first-order valence-electron chi connectivity index (χ1n) is 17.8. The van der Waals surface area contributed by atoms with Gasteiger partial charge in [-0.1, -0.05) is 11.6 Å². The van der Waals surface area contributed by atoms with Crippen molar-refractivity contribution in [3.05, 3.63) is 52.1 Å². The molecule has 0 bridgehead atoms. The van der Waals surface area contributed by atoms with Gasteiger partial charge in [-0.15, -0.1) is 11.3 Å². The van der Waals surface area contributed by atoms with Gasteiger partial charge in [0.1, 0.15) is 41.0 Å². The van der Waals surface area contributed by atoms with Crippen LogP contribution in [0.3, 0.4) is 0 Å². The molecule has 3 aliphatic heterocycles.